The first-order valence-corrected chi connectivity index (χ1v) is 8.56. The summed E-state index contributed by atoms with van der Waals surface area (Å²) >= 11 is 5.86. The van der Waals surface area contributed by atoms with Crippen LogP contribution in [-0.4, -0.2) is 32.8 Å². The molecule has 0 aliphatic heterocycles. The van der Waals surface area contributed by atoms with Gasteiger partial charge in [-0.3, -0.25) is 9.59 Å². The largest absolute Gasteiger partial charge is 0.480 e. The summed E-state index contributed by atoms with van der Waals surface area (Å²) in [6.07, 6.45) is 0.599. The predicted octanol–water partition coefficient (Wildman–Crippen LogP) is 2.18. The van der Waals surface area contributed by atoms with E-state index in [1.165, 1.54) is 6.07 Å². The van der Waals surface area contributed by atoms with Crippen LogP contribution >= 0.6 is 11.6 Å². The number of amides is 1. The van der Waals surface area contributed by atoms with Crippen molar-refractivity contribution in [2.75, 3.05) is 0 Å². The molecule has 2 atom stereocenters. The molecule has 7 nitrogen and oxygen atoms in total. The molecule has 2 N–H and O–H groups in total. The lowest BCUT2D eigenvalue weighted by atomic mass is 9.99. The van der Waals surface area contributed by atoms with E-state index in [-0.39, 0.29) is 12.5 Å². The number of aliphatic carboxylic acids is 1. The number of hydrogen-bond donors (Lipinski definition) is 2. The molecule has 138 valence electrons. The van der Waals surface area contributed by atoms with Crippen molar-refractivity contribution in [2.45, 2.75) is 32.9 Å². The Morgan fingerprint density at radius 1 is 1.23 bits per heavy atom. The first-order valence-electron chi connectivity index (χ1n) is 8.18. The van der Waals surface area contributed by atoms with Crippen molar-refractivity contribution in [3.05, 3.63) is 51.8 Å². The van der Waals surface area contributed by atoms with E-state index in [2.05, 4.69) is 10.4 Å². The number of hydrogen-bond acceptors (Lipinski definition) is 4. The molecular formula is C18H20ClN3O4. The van der Waals surface area contributed by atoms with Gasteiger partial charge in [0.1, 0.15) is 12.6 Å². The number of halogens is 1. The highest BCUT2D eigenvalue weighted by atomic mass is 35.5. The van der Waals surface area contributed by atoms with Crippen LogP contribution < -0.4 is 10.9 Å². The maximum absolute atomic E-state index is 12.2. The Morgan fingerprint density at radius 2 is 1.88 bits per heavy atom. The van der Waals surface area contributed by atoms with Gasteiger partial charge in [0.2, 0.25) is 5.91 Å². The molecule has 0 radical (unpaired) electrons. The number of carbonyl (C=O) groups excluding carboxylic acids is 1. The van der Waals surface area contributed by atoms with Crippen LogP contribution in [0.3, 0.4) is 0 Å². The first-order chi connectivity index (χ1) is 12.3. The van der Waals surface area contributed by atoms with E-state index in [9.17, 15) is 19.5 Å². The average Bonchev–Trinajstić information content (AvgIpc) is 2.61. The first kappa shape index (κ1) is 19.7. The summed E-state index contributed by atoms with van der Waals surface area (Å²) < 4.78 is 1.01. The maximum Gasteiger partial charge on any atom is 0.326 e. The monoisotopic (exact) mass is 377 g/mol. The van der Waals surface area contributed by atoms with Gasteiger partial charge in [0, 0.05) is 16.7 Å². The Kier molecular flexibility index (Phi) is 6.52. The summed E-state index contributed by atoms with van der Waals surface area (Å²) in [5.41, 5.74) is 0.797. The Labute approximate surface area is 155 Å². The molecule has 0 aliphatic rings. The molecule has 0 aliphatic carbocycles. The second-order valence-electron chi connectivity index (χ2n) is 5.99. The van der Waals surface area contributed by atoms with E-state index in [4.69, 9.17) is 11.6 Å². The average molecular weight is 378 g/mol. The van der Waals surface area contributed by atoms with Crippen LogP contribution in [0, 0.1) is 5.92 Å². The van der Waals surface area contributed by atoms with Gasteiger partial charge in [0.15, 0.2) is 0 Å². The van der Waals surface area contributed by atoms with Crippen molar-refractivity contribution < 1.29 is 14.7 Å². The highest BCUT2D eigenvalue weighted by molar-refractivity contribution is 6.30. The third-order valence-corrected chi connectivity index (χ3v) is 4.35. The Balaban J connectivity index is 2.19. The molecule has 1 amide bonds. The SMILES string of the molecule is CCC(C)C(NC(=O)Cn1nc(-c2ccc(Cl)cc2)ccc1=O)C(=O)O. The zero-order chi connectivity index (χ0) is 19.3. The molecular weight excluding hydrogens is 358 g/mol. The molecule has 0 saturated heterocycles. The third-order valence-electron chi connectivity index (χ3n) is 4.10. The summed E-state index contributed by atoms with van der Waals surface area (Å²) in [6, 6.07) is 8.76. The fourth-order valence-corrected chi connectivity index (χ4v) is 2.50. The van der Waals surface area contributed by atoms with Gasteiger partial charge in [-0.1, -0.05) is 44.0 Å². The molecule has 1 heterocycles. The Hall–Kier alpha value is -2.67. The second-order valence-corrected chi connectivity index (χ2v) is 6.43. The van der Waals surface area contributed by atoms with E-state index >= 15 is 0 Å². The van der Waals surface area contributed by atoms with Gasteiger partial charge in [-0.15, -0.1) is 0 Å². The fraction of sp³-hybridized carbons (Fsp3) is 0.333. The van der Waals surface area contributed by atoms with E-state index in [1.807, 2.05) is 6.92 Å². The van der Waals surface area contributed by atoms with Crippen molar-refractivity contribution in [2.24, 2.45) is 5.92 Å². The molecule has 26 heavy (non-hydrogen) atoms. The van der Waals surface area contributed by atoms with Crippen molar-refractivity contribution in [3.8, 4) is 11.3 Å². The lowest BCUT2D eigenvalue weighted by Crippen LogP contribution is -2.47. The smallest absolute Gasteiger partial charge is 0.326 e. The highest BCUT2D eigenvalue weighted by Crippen LogP contribution is 2.18. The number of benzene rings is 1. The van der Waals surface area contributed by atoms with E-state index in [0.29, 0.717) is 17.1 Å². The molecule has 1 aromatic carbocycles. The molecule has 1 aromatic heterocycles. The van der Waals surface area contributed by atoms with Gasteiger partial charge in [-0.25, -0.2) is 9.48 Å². The van der Waals surface area contributed by atoms with Gasteiger partial charge in [0.25, 0.3) is 5.56 Å². The van der Waals surface area contributed by atoms with Gasteiger partial charge >= 0.3 is 5.97 Å². The molecule has 0 saturated carbocycles. The minimum atomic E-state index is -1.11. The minimum absolute atomic E-state index is 0.235. The molecule has 2 aromatic rings. The van der Waals surface area contributed by atoms with Gasteiger partial charge in [0.05, 0.1) is 5.69 Å². The maximum atomic E-state index is 12.2. The lowest BCUT2D eigenvalue weighted by molar-refractivity contribution is -0.143. The Morgan fingerprint density at radius 3 is 2.46 bits per heavy atom. The van der Waals surface area contributed by atoms with E-state index in [0.717, 1.165) is 10.2 Å². The summed E-state index contributed by atoms with van der Waals surface area (Å²) in [7, 11) is 0. The van der Waals surface area contributed by atoms with Crippen LogP contribution in [0.4, 0.5) is 0 Å². The number of carboxylic acids is 1. The van der Waals surface area contributed by atoms with E-state index in [1.54, 1.807) is 37.3 Å². The molecule has 2 rings (SSSR count). The molecule has 2 unspecified atom stereocenters. The minimum Gasteiger partial charge on any atom is -0.480 e. The zero-order valence-electron chi connectivity index (χ0n) is 14.5. The second kappa shape index (κ2) is 8.62. The number of carboxylic acid groups (broad SMARTS) is 1. The van der Waals surface area contributed by atoms with Crippen LogP contribution in [0.2, 0.25) is 5.02 Å². The van der Waals surface area contributed by atoms with Gasteiger partial charge < -0.3 is 10.4 Å². The van der Waals surface area contributed by atoms with Crippen LogP contribution in [-0.2, 0) is 16.1 Å². The van der Waals surface area contributed by atoms with Crippen LogP contribution in [0.15, 0.2) is 41.2 Å². The van der Waals surface area contributed by atoms with Crippen LogP contribution in [0.25, 0.3) is 11.3 Å². The van der Waals surface area contributed by atoms with Crippen LogP contribution in [0.5, 0.6) is 0 Å². The third kappa shape index (κ3) is 4.92. The summed E-state index contributed by atoms with van der Waals surface area (Å²) in [5.74, 6) is -1.93. The number of rotatable bonds is 7. The van der Waals surface area contributed by atoms with Crippen molar-refractivity contribution in [1.82, 2.24) is 15.1 Å². The molecule has 0 fully saturated rings. The quantitative estimate of drug-likeness (QED) is 0.770. The van der Waals surface area contributed by atoms with Crippen LogP contribution in [0.1, 0.15) is 20.3 Å². The van der Waals surface area contributed by atoms with Crippen molar-refractivity contribution >= 4 is 23.5 Å². The lowest BCUT2D eigenvalue weighted by Gasteiger charge is -2.20. The number of carbonyl (C=O) groups is 2. The predicted molar refractivity (Wildman–Crippen MR) is 98.0 cm³/mol. The van der Waals surface area contributed by atoms with Crippen molar-refractivity contribution in [3.63, 3.8) is 0 Å². The number of aromatic nitrogens is 2. The number of nitrogens with one attached hydrogen (secondary N) is 1. The zero-order valence-corrected chi connectivity index (χ0v) is 15.2. The number of nitrogens with zero attached hydrogens (tertiary/aromatic N) is 2. The standard InChI is InChI=1S/C18H20ClN3O4/c1-3-11(2)17(18(25)26)20-15(23)10-22-16(24)9-8-14(21-22)12-4-6-13(19)7-5-12/h4-9,11,17H,3,10H2,1-2H3,(H,20,23)(H,25,26). The van der Waals surface area contributed by atoms with E-state index < -0.39 is 23.5 Å². The summed E-state index contributed by atoms with van der Waals surface area (Å²) in [4.78, 5) is 35.5. The highest BCUT2D eigenvalue weighted by Gasteiger charge is 2.25. The van der Waals surface area contributed by atoms with Gasteiger partial charge in [-0.05, 0) is 24.1 Å². The molecule has 0 spiro atoms. The van der Waals surface area contributed by atoms with Gasteiger partial charge in [-0.2, -0.15) is 5.10 Å². The summed E-state index contributed by atoms with van der Waals surface area (Å²) in [5, 5.41) is 16.5. The molecule has 0 bridgehead atoms. The normalized spacial score (nSPS) is 13.0. The fourth-order valence-electron chi connectivity index (χ4n) is 2.38. The topological polar surface area (TPSA) is 101 Å². The molecule has 8 heteroatoms. The summed E-state index contributed by atoms with van der Waals surface area (Å²) in [6.45, 7) is 3.22. The Bertz CT molecular complexity index is 848. The van der Waals surface area contributed by atoms with Crippen molar-refractivity contribution in [1.29, 1.82) is 0 Å².